The molecule has 6 nitrogen and oxygen atoms in total. The average Bonchev–Trinajstić information content (AvgIpc) is 3.19. The summed E-state index contributed by atoms with van der Waals surface area (Å²) in [5.41, 5.74) is 1.17. The summed E-state index contributed by atoms with van der Waals surface area (Å²) in [6, 6.07) is 12.2. The average molecular weight is 485 g/mol. The van der Waals surface area contributed by atoms with Crippen LogP contribution in [-0.2, 0) is 11.2 Å². The highest BCUT2D eigenvalue weighted by molar-refractivity contribution is 14.0. The minimum atomic E-state index is 0. The van der Waals surface area contributed by atoms with E-state index < -0.39 is 0 Å². The van der Waals surface area contributed by atoms with Crippen LogP contribution >= 0.6 is 24.0 Å². The number of rotatable bonds is 8. The highest BCUT2D eigenvalue weighted by Crippen LogP contribution is 2.31. The number of nitrogens with zero attached hydrogens (tertiary/aromatic N) is 1. The summed E-state index contributed by atoms with van der Waals surface area (Å²) in [7, 11) is 0. The van der Waals surface area contributed by atoms with Gasteiger partial charge in [0.1, 0.15) is 11.5 Å². The zero-order chi connectivity index (χ0) is 18.0. The standard InChI is InChI=1S/C20H27N3O3.HI/c1-2-24-15-12-22-20(21-11-9-16-6-5-13-25-16)23-18-10-14-26-19-8-4-3-7-17(18)19;/h3-8,13,18H,2,9-12,14-15H2,1H3,(H2,21,22,23);1H. The van der Waals surface area contributed by atoms with Crippen molar-refractivity contribution in [2.45, 2.75) is 25.8 Å². The maximum atomic E-state index is 5.75. The molecule has 2 aromatic rings. The maximum Gasteiger partial charge on any atom is 0.191 e. The van der Waals surface area contributed by atoms with Crippen molar-refractivity contribution in [1.29, 1.82) is 0 Å². The van der Waals surface area contributed by atoms with E-state index >= 15 is 0 Å². The van der Waals surface area contributed by atoms with Gasteiger partial charge in [0, 0.05) is 31.6 Å². The lowest BCUT2D eigenvalue weighted by atomic mass is 10.0. The van der Waals surface area contributed by atoms with E-state index in [1.165, 1.54) is 5.56 Å². The Morgan fingerprint density at radius 3 is 2.96 bits per heavy atom. The Balaban J connectivity index is 0.00000261. The molecule has 1 unspecified atom stereocenters. The van der Waals surface area contributed by atoms with Crippen molar-refractivity contribution in [2.75, 3.05) is 32.9 Å². The van der Waals surface area contributed by atoms with Crippen LogP contribution in [0.4, 0.5) is 0 Å². The summed E-state index contributed by atoms with van der Waals surface area (Å²) in [4.78, 5) is 4.65. The molecule has 2 heterocycles. The molecule has 148 valence electrons. The van der Waals surface area contributed by atoms with Gasteiger partial charge in [-0.25, -0.2) is 0 Å². The maximum absolute atomic E-state index is 5.75. The number of halogens is 1. The van der Waals surface area contributed by atoms with Crippen molar-refractivity contribution in [2.24, 2.45) is 4.99 Å². The fourth-order valence-electron chi connectivity index (χ4n) is 2.93. The topological polar surface area (TPSA) is 68.0 Å². The normalized spacial score (nSPS) is 16.0. The second kappa shape index (κ2) is 11.9. The number of hydrogen-bond donors (Lipinski definition) is 2. The molecule has 27 heavy (non-hydrogen) atoms. The van der Waals surface area contributed by atoms with E-state index in [4.69, 9.17) is 13.9 Å². The van der Waals surface area contributed by atoms with Gasteiger partial charge < -0.3 is 24.5 Å². The zero-order valence-electron chi connectivity index (χ0n) is 15.6. The van der Waals surface area contributed by atoms with E-state index in [1.54, 1.807) is 6.26 Å². The van der Waals surface area contributed by atoms with Gasteiger partial charge in [-0.15, -0.1) is 24.0 Å². The lowest BCUT2D eigenvalue weighted by Crippen LogP contribution is -2.42. The molecule has 1 aromatic heterocycles. The summed E-state index contributed by atoms with van der Waals surface area (Å²) in [6.45, 7) is 5.38. The summed E-state index contributed by atoms with van der Waals surface area (Å²) < 4.78 is 16.5. The van der Waals surface area contributed by atoms with Crippen molar-refractivity contribution in [1.82, 2.24) is 10.6 Å². The smallest absolute Gasteiger partial charge is 0.191 e. The molecule has 0 fully saturated rings. The summed E-state index contributed by atoms with van der Waals surface area (Å²) >= 11 is 0. The first-order chi connectivity index (χ1) is 12.9. The molecule has 1 aromatic carbocycles. The van der Waals surface area contributed by atoms with Crippen LogP contribution in [-0.4, -0.2) is 38.9 Å². The number of ether oxygens (including phenoxy) is 2. The van der Waals surface area contributed by atoms with Crippen molar-refractivity contribution < 1.29 is 13.9 Å². The molecule has 0 aliphatic carbocycles. The van der Waals surface area contributed by atoms with E-state index in [0.717, 1.165) is 36.9 Å². The fourth-order valence-corrected chi connectivity index (χ4v) is 2.93. The number of nitrogens with one attached hydrogen (secondary N) is 2. The third-order valence-corrected chi connectivity index (χ3v) is 4.22. The molecule has 1 aliphatic heterocycles. The van der Waals surface area contributed by atoms with E-state index in [0.29, 0.717) is 26.4 Å². The van der Waals surface area contributed by atoms with Crippen LogP contribution < -0.4 is 15.4 Å². The third-order valence-electron chi connectivity index (χ3n) is 4.22. The predicted molar refractivity (Wildman–Crippen MR) is 117 cm³/mol. The van der Waals surface area contributed by atoms with Crippen LogP contribution in [0.15, 0.2) is 52.1 Å². The molecule has 7 heteroatoms. The van der Waals surface area contributed by atoms with Crippen LogP contribution in [0.25, 0.3) is 0 Å². The van der Waals surface area contributed by atoms with E-state index in [-0.39, 0.29) is 30.0 Å². The second-order valence-corrected chi connectivity index (χ2v) is 6.06. The van der Waals surface area contributed by atoms with Gasteiger partial charge >= 0.3 is 0 Å². The Morgan fingerprint density at radius 2 is 2.15 bits per heavy atom. The van der Waals surface area contributed by atoms with Gasteiger partial charge in [-0.1, -0.05) is 18.2 Å². The molecule has 0 saturated carbocycles. The molecule has 0 radical (unpaired) electrons. The fraction of sp³-hybridized carbons (Fsp3) is 0.450. The Bertz CT molecular complexity index is 692. The van der Waals surface area contributed by atoms with Crippen LogP contribution in [0, 0.1) is 0 Å². The van der Waals surface area contributed by atoms with Crippen LogP contribution in [0.5, 0.6) is 5.75 Å². The third kappa shape index (κ3) is 6.73. The van der Waals surface area contributed by atoms with Gasteiger partial charge in [-0.05, 0) is 25.1 Å². The highest BCUT2D eigenvalue weighted by Gasteiger charge is 2.21. The van der Waals surface area contributed by atoms with Gasteiger partial charge in [-0.2, -0.15) is 0 Å². The molecule has 3 rings (SSSR count). The van der Waals surface area contributed by atoms with E-state index in [2.05, 4.69) is 21.7 Å². The summed E-state index contributed by atoms with van der Waals surface area (Å²) in [5, 5.41) is 6.94. The quantitative estimate of drug-likeness (QED) is 0.259. The van der Waals surface area contributed by atoms with Crippen molar-refractivity contribution in [3.05, 3.63) is 54.0 Å². The molecule has 0 spiro atoms. The predicted octanol–water partition coefficient (Wildman–Crippen LogP) is 3.54. The molecule has 2 N–H and O–H groups in total. The number of guanidine groups is 1. The first-order valence-corrected chi connectivity index (χ1v) is 9.23. The van der Waals surface area contributed by atoms with Crippen LogP contribution in [0.3, 0.4) is 0 Å². The largest absolute Gasteiger partial charge is 0.493 e. The minimum Gasteiger partial charge on any atom is -0.493 e. The van der Waals surface area contributed by atoms with Gasteiger partial charge in [0.2, 0.25) is 0 Å². The van der Waals surface area contributed by atoms with Gasteiger partial charge in [-0.3, -0.25) is 4.99 Å². The Morgan fingerprint density at radius 1 is 1.26 bits per heavy atom. The van der Waals surface area contributed by atoms with Gasteiger partial charge in [0.05, 0.1) is 32.1 Å². The number of aliphatic imine (C=N–C) groups is 1. The molecular weight excluding hydrogens is 457 g/mol. The first kappa shape index (κ1) is 21.6. The van der Waals surface area contributed by atoms with Gasteiger partial charge in [0.25, 0.3) is 0 Å². The Kier molecular flexibility index (Phi) is 9.47. The Labute approximate surface area is 177 Å². The molecular formula is C20H28IN3O3. The van der Waals surface area contributed by atoms with E-state index in [9.17, 15) is 0 Å². The van der Waals surface area contributed by atoms with Crippen molar-refractivity contribution in [3.63, 3.8) is 0 Å². The number of furan rings is 1. The minimum absolute atomic E-state index is 0. The number of benzene rings is 1. The van der Waals surface area contributed by atoms with E-state index in [1.807, 2.05) is 37.3 Å². The molecule has 1 atom stereocenters. The van der Waals surface area contributed by atoms with Crippen molar-refractivity contribution >= 4 is 29.9 Å². The number of para-hydroxylation sites is 1. The lowest BCUT2D eigenvalue weighted by molar-refractivity contribution is 0.155. The Hall–Kier alpha value is -1.74. The zero-order valence-corrected chi connectivity index (χ0v) is 18.0. The van der Waals surface area contributed by atoms with Crippen molar-refractivity contribution in [3.8, 4) is 5.75 Å². The molecule has 0 bridgehead atoms. The first-order valence-electron chi connectivity index (χ1n) is 9.23. The number of fused-ring (bicyclic) bond motifs is 1. The molecule has 1 aliphatic rings. The van der Waals surface area contributed by atoms with Crippen LogP contribution in [0.1, 0.15) is 30.7 Å². The number of hydrogen-bond acceptors (Lipinski definition) is 4. The lowest BCUT2D eigenvalue weighted by Gasteiger charge is -2.28. The second-order valence-electron chi connectivity index (χ2n) is 6.06. The monoisotopic (exact) mass is 485 g/mol. The SMILES string of the molecule is CCOCCN=C(NCCc1ccco1)NC1CCOc2ccccc21.I. The molecule has 0 saturated heterocycles. The molecule has 0 amide bonds. The summed E-state index contributed by atoms with van der Waals surface area (Å²) in [5.74, 6) is 2.70. The van der Waals surface area contributed by atoms with Gasteiger partial charge in [0.15, 0.2) is 5.96 Å². The van der Waals surface area contributed by atoms with Crippen LogP contribution in [0.2, 0.25) is 0 Å². The highest BCUT2D eigenvalue weighted by atomic mass is 127. The summed E-state index contributed by atoms with van der Waals surface area (Å²) in [6.07, 6.45) is 3.41.